The van der Waals surface area contributed by atoms with Gasteiger partial charge in [-0.2, -0.15) is 0 Å². The first-order valence-electron chi connectivity index (χ1n) is 8.29. The molecule has 0 unspecified atom stereocenters. The second-order valence-corrected chi connectivity index (χ2v) is 7.81. The number of rotatable bonds is 9. The van der Waals surface area contributed by atoms with Gasteiger partial charge in [0.05, 0.1) is 9.82 Å². The molecular weight excluding hydrogens is 356 g/mol. The normalized spacial score (nSPS) is 14.0. The molecule has 3 N–H and O–H groups in total. The topological polar surface area (TPSA) is 113 Å². The molecule has 0 amide bonds. The third kappa shape index (κ3) is 4.70. The molecule has 0 radical (unpaired) electrons. The highest BCUT2D eigenvalue weighted by Crippen LogP contribution is 2.32. The number of anilines is 2. The van der Waals surface area contributed by atoms with E-state index < -0.39 is 14.9 Å². The van der Waals surface area contributed by atoms with Crippen molar-refractivity contribution in [1.82, 2.24) is 4.72 Å². The molecule has 26 heavy (non-hydrogen) atoms. The van der Waals surface area contributed by atoms with Gasteiger partial charge in [0.15, 0.2) is 0 Å². The maximum atomic E-state index is 12.1. The van der Waals surface area contributed by atoms with E-state index in [2.05, 4.69) is 15.4 Å². The van der Waals surface area contributed by atoms with Crippen LogP contribution < -0.4 is 15.4 Å². The van der Waals surface area contributed by atoms with Gasteiger partial charge < -0.3 is 10.6 Å². The lowest BCUT2D eigenvalue weighted by molar-refractivity contribution is -0.384. The molecular formula is C17H20N4O4S. The van der Waals surface area contributed by atoms with Gasteiger partial charge in [-0.3, -0.25) is 10.1 Å². The average Bonchev–Trinajstić information content (AvgIpc) is 3.43. The van der Waals surface area contributed by atoms with Crippen LogP contribution in [0.3, 0.4) is 0 Å². The van der Waals surface area contributed by atoms with Crippen molar-refractivity contribution in [2.75, 3.05) is 23.7 Å². The summed E-state index contributed by atoms with van der Waals surface area (Å²) >= 11 is 0. The molecule has 1 saturated carbocycles. The lowest BCUT2D eigenvalue weighted by Crippen LogP contribution is -2.28. The molecule has 1 aliphatic carbocycles. The van der Waals surface area contributed by atoms with E-state index in [1.54, 1.807) is 30.3 Å². The van der Waals surface area contributed by atoms with Gasteiger partial charge in [-0.25, -0.2) is 13.1 Å². The van der Waals surface area contributed by atoms with E-state index in [9.17, 15) is 18.5 Å². The first-order chi connectivity index (χ1) is 12.5. The molecule has 0 spiro atoms. The molecule has 2 aromatic carbocycles. The van der Waals surface area contributed by atoms with Crippen molar-refractivity contribution in [3.05, 3.63) is 58.6 Å². The van der Waals surface area contributed by atoms with Gasteiger partial charge >= 0.3 is 0 Å². The average molecular weight is 376 g/mol. The zero-order chi connectivity index (χ0) is 18.6. The molecule has 1 fully saturated rings. The molecule has 0 saturated heterocycles. The Balaban J connectivity index is 1.57. The third-order valence-corrected chi connectivity index (χ3v) is 5.41. The Kier molecular flexibility index (Phi) is 5.38. The van der Waals surface area contributed by atoms with Crippen molar-refractivity contribution in [2.24, 2.45) is 0 Å². The third-order valence-electron chi connectivity index (χ3n) is 3.93. The van der Waals surface area contributed by atoms with Crippen LogP contribution >= 0.6 is 0 Å². The van der Waals surface area contributed by atoms with Crippen molar-refractivity contribution < 1.29 is 13.3 Å². The fourth-order valence-electron chi connectivity index (χ4n) is 2.44. The number of sulfonamides is 1. The van der Waals surface area contributed by atoms with Gasteiger partial charge in [0, 0.05) is 30.9 Å². The molecule has 1 aliphatic rings. The number of nitro benzene ring substituents is 1. The minimum absolute atomic E-state index is 0.0345. The van der Waals surface area contributed by atoms with Crippen molar-refractivity contribution in [3.63, 3.8) is 0 Å². The highest BCUT2D eigenvalue weighted by molar-refractivity contribution is 7.89. The molecule has 0 aliphatic heterocycles. The van der Waals surface area contributed by atoms with Gasteiger partial charge in [0.25, 0.3) is 5.69 Å². The lowest BCUT2D eigenvalue weighted by Gasteiger charge is -2.11. The molecule has 138 valence electrons. The highest BCUT2D eigenvalue weighted by Gasteiger charge is 2.24. The molecule has 8 nitrogen and oxygen atoms in total. The Morgan fingerprint density at radius 3 is 2.46 bits per heavy atom. The Labute approximate surface area is 151 Å². The van der Waals surface area contributed by atoms with Gasteiger partial charge in [0.1, 0.15) is 5.69 Å². The summed E-state index contributed by atoms with van der Waals surface area (Å²) in [6.45, 7) is 0.548. The Morgan fingerprint density at radius 2 is 1.81 bits per heavy atom. The largest absolute Gasteiger partial charge is 0.384 e. The molecule has 0 heterocycles. The Bertz CT molecular complexity index is 883. The monoisotopic (exact) mass is 376 g/mol. The molecule has 9 heteroatoms. The summed E-state index contributed by atoms with van der Waals surface area (Å²) in [6, 6.07) is 13.2. The maximum Gasteiger partial charge on any atom is 0.292 e. The van der Waals surface area contributed by atoms with E-state index >= 15 is 0 Å². The van der Waals surface area contributed by atoms with Gasteiger partial charge in [-0.15, -0.1) is 0 Å². The van der Waals surface area contributed by atoms with Crippen molar-refractivity contribution in [3.8, 4) is 0 Å². The number of nitrogens with zero attached hydrogens (tertiary/aromatic N) is 1. The van der Waals surface area contributed by atoms with Crippen molar-refractivity contribution >= 4 is 27.1 Å². The number of nitrogens with one attached hydrogen (secondary N) is 3. The second kappa shape index (κ2) is 7.71. The first kappa shape index (κ1) is 18.2. The SMILES string of the molecule is O=[N+]([O-])c1ccc(NCCNS(=O)(=O)c2ccccc2)cc1NC1CC1. The number of nitro groups is 1. The van der Waals surface area contributed by atoms with E-state index in [0.29, 0.717) is 24.0 Å². The quantitative estimate of drug-likeness (QED) is 0.352. The minimum Gasteiger partial charge on any atom is -0.384 e. The van der Waals surface area contributed by atoms with Gasteiger partial charge in [0.2, 0.25) is 10.0 Å². The van der Waals surface area contributed by atoms with E-state index in [1.165, 1.54) is 18.2 Å². The summed E-state index contributed by atoms with van der Waals surface area (Å²) in [5, 5.41) is 17.3. The fraction of sp³-hybridized carbons (Fsp3) is 0.294. The van der Waals surface area contributed by atoms with Gasteiger partial charge in [-0.1, -0.05) is 18.2 Å². The molecule has 2 aromatic rings. The van der Waals surface area contributed by atoms with Crippen LogP contribution in [0.1, 0.15) is 12.8 Å². The summed E-state index contributed by atoms with van der Waals surface area (Å²) in [6.07, 6.45) is 2.02. The Hall–Kier alpha value is -2.65. The van der Waals surface area contributed by atoms with E-state index in [-0.39, 0.29) is 17.1 Å². The summed E-state index contributed by atoms with van der Waals surface area (Å²) in [7, 11) is -3.54. The van der Waals surface area contributed by atoms with Crippen LogP contribution in [-0.4, -0.2) is 32.5 Å². The number of hydrogen-bond donors (Lipinski definition) is 3. The van der Waals surface area contributed by atoms with Crippen LogP contribution in [0.15, 0.2) is 53.4 Å². The summed E-state index contributed by atoms with van der Waals surface area (Å²) in [5.41, 5.74) is 1.21. The van der Waals surface area contributed by atoms with Crippen molar-refractivity contribution in [1.29, 1.82) is 0 Å². The van der Waals surface area contributed by atoms with Crippen LogP contribution in [-0.2, 0) is 10.0 Å². The number of benzene rings is 2. The molecule has 0 bridgehead atoms. The predicted molar refractivity (Wildman–Crippen MR) is 99.9 cm³/mol. The predicted octanol–water partition coefficient (Wildman–Crippen LogP) is 2.56. The van der Waals surface area contributed by atoms with Crippen LogP contribution in [0.25, 0.3) is 0 Å². The first-order valence-corrected chi connectivity index (χ1v) is 9.77. The Morgan fingerprint density at radius 1 is 1.08 bits per heavy atom. The molecule has 0 atom stereocenters. The van der Waals surface area contributed by atoms with E-state index in [0.717, 1.165) is 12.8 Å². The van der Waals surface area contributed by atoms with Crippen LogP contribution in [0, 0.1) is 10.1 Å². The van der Waals surface area contributed by atoms with Crippen LogP contribution in [0.2, 0.25) is 0 Å². The maximum absolute atomic E-state index is 12.1. The fourth-order valence-corrected chi connectivity index (χ4v) is 3.50. The zero-order valence-electron chi connectivity index (χ0n) is 14.0. The van der Waals surface area contributed by atoms with E-state index in [1.807, 2.05) is 0 Å². The standard InChI is InChI=1S/C17H20N4O4S/c22-21(23)17-9-8-14(12-16(17)20-13-6-7-13)18-10-11-19-26(24,25)15-4-2-1-3-5-15/h1-5,8-9,12-13,18-20H,6-7,10-11H2. The summed E-state index contributed by atoms with van der Waals surface area (Å²) < 4.78 is 26.8. The van der Waals surface area contributed by atoms with Gasteiger partial charge in [-0.05, 0) is 37.1 Å². The molecule has 0 aromatic heterocycles. The summed E-state index contributed by atoms with van der Waals surface area (Å²) in [4.78, 5) is 10.9. The lowest BCUT2D eigenvalue weighted by atomic mass is 10.2. The summed E-state index contributed by atoms with van der Waals surface area (Å²) in [5.74, 6) is 0. The van der Waals surface area contributed by atoms with Crippen LogP contribution in [0.5, 0.6) is 0 Å². The minimum atomic E-state index is -3.54. The zero-order valence-corrected chi connectivity index (χ0v) is 14.8. The number of hydrogen-bond acceptors (Lipinski definition) is 6. The molecule has 3 rings (SSSR count). The highest BCUT2D eigenvalue weighted by atomic mass is 32.2. The smallest absolute Gasteiger partial charge is 0.292 e. The van der Waals surface area contributed by atoms with Crippen molar-refractivity contribution in [2.45, 2.75) is 23.8 Å². The second-order valence-electron chi connectivity index (χ2n) is 6.05. The van der Waals surface area contributed by atoms with E-state index in [4.69, 9.17) is 0 Å². The van der Waals surface area contributed by atoms with Crippen LogP contribution in [0.4, 0.5) is 17.1 Å².